The molecule has 2 aliphatic rings. The van der Waals surface area contributed by atoms with Crippen LogP contribution in [0, 0.1) is 25.7 Å². The topological polar surface area (TPSA) is 47.6 Å². The molecule has 1 saturated heterocycles. The Morgan fingerprint density at radius 3 is 3.00 bits per heavy atom. The maximum absolute atomic E-state index is 12.4. The van der Waals surface area contributed by atoms with Gasteiger partial charge in [-0.25, -0.2) is 0 Å². The first-order chi connectivity index (χ1) is 9.61. The highest BCUT2D eigenvalue weighted by Crippen LogP contribution is 2.43. The Kier molecular flexibility index (Phi) is 3.84. The van der Waals surface area contributed by atoms with E-state index in [0.717, 1.165) is 17.9 Å². The fraction of sp³-hybridized carbons (Fsp3) is 0.667. The molecule has 3 rings (SSSR count). The summed E-state index contributed by atoms with van der Waals surface area (Å²) in [5.74, 6) is 0.794. The molecule has 5 heteroatoms. The number of aryl methyl sites for hydroxylation is 2. The first kappa shape index (κ1) is 14.0. The molecule has 110 valence electrons. The number of hydrogen-bond acceptors (Lipinski definition) is 4. The number of hydrogen-bond donors (Lipinski definition) is 1. The molecule has 4 atom stereocenters. The largest absolute Gasteiger partial charge is 0.384 e. The van der Waals surface area contributed by atoms with E-state index in [1.165, 1.54) is 10.4 Å². The molecule has 1 aromatic heterocycles. The van der Waals surface area contributed by atoms with E-state index in [-0.39, 0.29) is 18.1 Å². The molecule has 1 aliphatic carbocycles. The van der Waals surface area contributed by atoms with Crippen LogP contribution in [0.2, 0.25) is 0 Å². The maximum Gasteiger partial charge on any atom is 0.261 e. The maximum atomic E-state index is 12.4. The van der Waals surface area contributed by atoms with E-state index in [0.29, 0.717) is 18.4 Å². The fourth-order valence-corrected chi connectivity index (χ4v) is 4.28. The summed E-state index contributed by atoms with van der Waals surface area (Å²) in [5, 5.41) is 3.19. The summed E-state index contributed by atoms with van der Waals surface area (Å²) in [6.07, 6.45) is 1.31. The summed E-state index contributed by atoms with van der Waals surface area (Å²) in [4.78, 5) is 14.4. The number of nitrogens with one attached hydrogen (secondary N) is 1. The summed E-state index contributed by atoms with van der Waals surface area (Å²) in [5.41, 5.74) is 1.18. The number of carbonyl (C=O) groups is 1. The lowest BCUT2D eigenvalue weighted by atomic mass is 9.67. The lowest BCUT2D eigenvalue weighted by molar-refractivity contribution is -0.0809. The van der Waals surface area contributed by atoms with E-state index in [2.05, 4.69) is 12.2 Å². The van der Waals surface area contributed by atoms with E-state index < -0.39 is 0 Å². The van der Waals surface area contributed by atoms with Crippen LogP contribution >= 0.6 is 11.3 Å². The van der Waals surface area contributed by atoms with Crippen molar-refractivity contribution in [2.45, 2.75) is 32.4 Å². The standard InChI is InChI=1S/C15H21NO3S/c1-8-6-12(20-9(8)2)15(17)16-13-10-4-5-19-14(10)11(13)7-18-3/h6,10-11,13-14H,4-5,7H2,1-3H3,(H,16,17)/t10-,11+,13+,14-/m0/s1. The Labute approximate surface area is 123 Å². The molecule has 1 amide bonds. The molecular formula is C15H21NO3S. The molecule has 1 aromatic rings. The van der Waals surface area contributed by atoms with Gasteiger partial charge < -0.3 is 14.8 Å². The third kappa shape index (κ3) is 2.28. The van der Waals surface area contributed by atoms with Gasteiger partial charge in [0.15, 0.2) is 0 Å². The van der Waals surface area contributed by atoms with E-state index >= 15 is 0 Å². The van der Waals surface area contributed by atoms with Gasteiger partial charge in [0.25, 0.3) is 5.91 Å². The van der Waals surface area contributed by atoms with Crippen LogP contribution in [0.4, 0.5) is 0 Å². The van der Waals surface area contributed by atoms with E-state index in [4.69, 9.17) is 9.47 Å². The van der Waals surface area contributed by atoms with Crippen LogP contribution in [-0.2, 0) is 9.47 Å². The van der Waals surface area contributed by atoms with Crippen LogP contribution in [0.1, 0.15) is 26.5 Å². The number of rotatable bonds is 4. The lowest BCUT2D eigenvalue weighted by Crippen LogP contribution is -2.62. The van der Waals surface area contributed by atoms with Gasteiger partial charge in [0.2, 0.25) is 0 Å². The number of ether oxygens (including phenoxy) is 2. The summed E-state index contributed by atoms with van der Waals surface area (Å²) >= 11 is 1.56. The highest BCUT2D eigenvalue weighted by molar-refractivity contribution is 7.14. The summed E-state index contributed by atoms with van der Waals surface area (Å²) in [7, 11) is 1.70. The third-order valence-corrected chi connectivity index (χ3v) is 5.73. The van der Waals surface area contributed by atoms with Gasteiger partial charge in [-0.2, -0.15) is 0 Å². The quantitative estimate of drug-likeness (QED) is 0.926. The van der Waals surface area contributed by atoms with Crippen molar-refractivity contribution < 1.29 is 14.3 Å². The smallest absolute Gasteiger partial charge is 0.261 e. The van der Waals surface area contributed by atoms with Crippen molar-refractivity contribution in [3.8, 4) is 0 Å². The van der Waals surface area contributed by atoms with Crippen LogP contribution < -0.4 is 5.32 Å². The Bertz CT molecular complexity index is 494. The SMILES string of the molecule is COC[C@@H]1[C@H](NC(=O)c2cc(C)c(C)s2)[C@@H]2CCO[C@H]12. The van der Waals surface area contributed by atoms with Crippen molar-refractivity contribution in [1.29, 1.82) is 0 Å². The second kappa shape index (κ2) is 5.47. The Morgan fingerprint density at radius 2 is 2.35 bits per heavy atom. The van der Waals surface area contributed by atoms with Crippen LogP contribution in [0.3, 0.4) is 0 Å². The van der Waals surface area contributed by atoms with Gasteiger partial charge in [0, 0.05) is 36.5 Å². The van der Waals surface area contributed by atoms with Crippen molar-refractivity contribution in [2.75, 3.05) is 20.3 Å². The van der Waals surface area contributed by atoms with Crippen molar-refractivity contribution in [3.63, 3.8) is 0 Å². The second-order valence-electron chi connectivity index (χ2n) is 5.76. The van der Waals surface area contributed by atoms with Gasteiger partial charge in [0.1, 0.15) is 0 Å². The Hall–Kier alpha value is -0.910. The second-order valence-corrected chi connectivity index (χ2v) is 7.01. The molecule has 2 fully saturated rings. The number of fused-ring (bicyclic) bond motifs is 1. The molecular weight excluding hydrogens is 274 g/mol. The summed E-state index contributed by atoms with van der Waals surface area (Å²) in [6, 6.07) is 2.17. The van der Waals surface area contributed by atoms with Crippen LogP contribution in [0.25, 0.3) is 0 Å². The van der Waals surface area contributed by atoms with Gasteiger partial charge in [-0.1, -0.05) is 0 Å². The van der Waals surface area contributed by atoms with Gasteiger partial charge in [-0.3, -0.25) is 4.79 Å². The number of carbonyl (C=O) groups excluding carboxylic acids is 1. The molecule has 1 aliphatic heterocycles. The van der Waals surface area contributed by atoms with Crippen molar-refractivity contribution in [2.24, 2.45) is 11.8 Å². The predicted octanol–water partition coefficient (Wildman–Crippen LogP) is 2.14. The monoisotopic (exact) mass is 295 g/mol. The molecule has 0 bridgehead atoms. The minimum Gasteiger partial charge on any atom is -0.384 e. The minimum absolute atomic E-state index is 0.0441. The molecule has 0 unspecified atom stereocenters. The average molecular weight is 295 g/mol. The molecule has 4 nitrogen and oxygen atoms in total. The minimum atomic E-state index is 0.0441. The van der Waals surface area contributed by atoms with E-state index in [9.17, 15) is 4.79 Å². The van der Waals surface area contributed by atoms with Gasteiger partial charge in [-0.15, -0.1) is 11.3 Å². The molecule has 1 N–H and O–H groups in total. The average Bonchev–Trinajstić information content (AvgIpc) is 2.98. The van der Waals surface area contributed by atoms with Crippen LogP contribution in [-0.4, -0.2) is 38.4 Å². The summed E-state index contributed by atoms with van der Waals surface area (Å²) in [6.45, 7) is 5.54. The summed E-state index contributed by atoms with van der Waals surface area (Å²) < 4.78 is 11.0. The fourth-order valence-electron chi connectivity index (χ4n) is 3.34. The Morgan fingerprint density at radius 1 is 1.55 bits per heavy atom. The molecule has 2 heterocycles. The van der Waals surface area contributed by atoms with Crippen molar-refractivity contribution in [3.05, 3.63) is 21.4 Å². The molecule has 1 saturated carbocycles. The zero-order chi connectivity index (χ0) is 14.3. The number of amides is 1. The van der Waals surface area contributed by atoms with Gasteiger partial charge >= 0.3 is 0 Å². The highest BCUT2D eigenvalue weighted by atomic mass is 32.1. The van der Waals surface area contributed by atoms with Crippen molar-refractivity contribution in [1.82, 2.24) is 5.32 Å². The van der Waals surface area contributed by atoms with E-state index in [1.807, 2.05) is 13.0 Å². The number of methoxy groups -OCH3 is 1. The highest BCUT2D eigenvalue weighted by Gasteiger charge is 2.54. The molecule has 0 radical (unpaired) electrons. The van der Waals surface area contributed by atoms with Gasteiger partial charge in [-0.05, 0) is 31.9 Å². The van der Waals surface area contributed by atoms with E-state index in [1.54, 1.807) is 18.4 Å². The van der Waals surface area contributed by atoms with Crippen molar-refractivity contribution >= 4 is 17.2 Å². The Balaban J connectivity index is 1.68. The number of thiophene rings is 1. The molecule has 0 spiro atoms. The zero-order valence-electron chi connectivity index (χ0n) is 12.1. The normalized spacial score (nSPS) is 31.8. The first-order valence-corrected chi connectivity index (χ1v) is 7.92. The van der Waals surface area contributed by atoms with Crippen LogP contribution in [0.5, 0.6) is 0 Å². The molecule has 0 aromatic carbocycles. The predicted molar refractivity (Wildman–Crippen MR) is 78.3 cm³/mol. The zero-order valence-corrected chi connectivity index (χ0v) is 13.0. The molecule has 20 heavy (non-hydrogen) atoms. The first-order valence-electron chi connectivity index (χ1n) is 7.10. The lowest BCUT2D eigenvalue weighted by Gasteiger charge is -2.47. The van der Waals surface area contributed by atoms with Crippen LogP contribution in [0.15, 0.2) is 6.07 Å². The third-order valence-electron chi connectivity index (χ3n) is 4.57. The van der Waals surface area contributed by atoms with Gasteiger partial charge in [0.05, 0.1) is 17.6 Å².